The predicted octanol–water partition coefficient (Wildman–Crippen LogP) is 4.82. The zero-order valence-corrected chi connectivity index (χ0v) is 17.9. The number of carbonyl (C=O) groups excluding carboxylic acids is 2. The lowest BCUT2D eigenvalue weighted by atomic mass is 10.2. The van der Waals surface area contributed by atoms with Crippen molar-refractivity contribution in [2.24, 2.45) is 0 Å². The van der Waals surface area contributed by atoms with Crippen molar-refractivity contribution >= 4 is 51.0 Å². The summed E-state index contributed by atoms with van der Waals surface area (Å²) in [5, 5.41) is 4.87. The highest BCUT2D eigenvalue weighted by molar-refractivity contribution is 7.15. The number of benzene rings is 1. The first-order valence-corrected chi connectivity index (χ1v) is 10.4. The summed E-state index contributed by atoms with van der Waals surface area (Å²) in [7, 11) is 0. The van der Waals surface area contributed by atoms with Gasteiger partial charge in [0.25, 0.3) is 5.91 Å². The van der Waals surface area contributed by atoms with Crippen molar-refractivity contribution in [1.82, 2.24) is 14.9 Å². The maximum Gasteiger partial charge on any atom is 0.410 e. The van der Waals surface area contributed by atoms with Gasteiger partial charge < -0.3 is 14.6 Å². The van der Waals surface area contributed by atoms with Gasteiger partial charge in [0.05, 0.1) is 12.2 Å². The van der Waals surface area contributed by atoms with Crippen molar-refractivity contribution < 1.29 is 14.3 Å². The number of rotatable bonds is 2. The SMILES string of the molecule is CC(C)(C)OC(=O)N1CCc2nc(NC(=O)c3cc4ccc(Cl)cc4[nH]3)sc2C1. The molecular weight excluding hydrogens is 412 g/mol. The third-order valence-corrected chi connectivity index (χ3v) is 5.67. The van der Waals surface area contributed by atoms with Gasteiger partial charge in [-0.2, -0.15) is 0 Å². The summed E-state index contributed by atoms with van der Waals surface area (Å²) >= 11 is 7.38. The molecule has 3 heterocycles. The topological polar surface area (TPSA) is 87.3 Å². The summed E-state index contributed by atoms with van der Waals surface area (Å²) in [6.07, 6.45) is 0.296. The molecule has 0 saturated heterocycles. The van der Waals surface area contributed by atoms with Crippen molar-refractivity contribution in [2.75, 3.05) is 11.9 Å². The molecule has 0 bridgehead atoms. The minimum absolute atomic E-state index is 0.271. The number of fused-ring (bicyclic) bond motifs is 2. The van der Waals surface area contributed by atoms with Crippen LogP contribution in [0.4, 0.5) is 9.93 Å². The van der Waals surface area contributed by atoms with Gasteiger partial charge >= 0.3 is 6.09 Å². The van der Waals surface area contributed by atoms with Crippen LogP contribution in [-0.4, -0.2) is 39.0 Å². The summed E-state index contributed by atoms with van der Waals surface area (Å²) in [4.78, 5) is 35.1. The fraction of sp³-hybridized carbons (Fsp3) is 0.350. The quantitative estimate of drug-likeness (QED) is 0.607. The number of thiazole rings is 1. The number of H-pyrrole nitrogens is 1. The molecule has 0 spiro atoms. The van der Waals surface area contributed by atoms with Crippen LogP contribution in [0.5, 0.6) is 0 Å². The van der Waals surface area contributed by atoms with Crippen LogP contribution in [0, 0.1) is 0 Å². The number of halogens is 1. The average molecular weight is 433 g/mol. The molecule has 2 N–H and O–H groups in total. The van der Waals surface area contributed by atoms with Crippen LogP contribution in [0.1, 0.15) is 41.8 Å². The Morgan fingerprint density at radius 3 is 2.86 bits per heavy atom. The molecule has 4 rings (SSSR count). The molecule has 152 valence electrons. The molecule has 9 heteroatoms. The number of aromatic amines is 1. The van der Waals surface area contributed by atoms with E-state index in [-0.39, 0.29) is 12.0 Å². The van der Waals surface area contributed by atoms with Crippen LogP contribution in [0.25, 0.3) is 10.9 Å². The Balaban J connectivity index is 1.46. The molecule has 0 saturated carbocycles. The van der Waals surface area contributed by atoms with Crippen molar-refractivity contribution in [3.05, 3.63) is 45.6 Å². The molecular formula is C20H21ClN4O3S. The number of hydrogen-bond acceptors (Lipinski definition) is 5. The number of anilines is 1. The third-order valence-electron chi connectivity index (χ3n) is 4.43. The Morgan fingerprint density at radius 1 is 1.31 bits per heavy atom. The molecule has 2 amide bonds. The summed E-state index contributed by atoms with van der Waals surface area (Å²) in [5.41, 5.74) is 1.61. The molecule has 2 aromatic heterocycles. The van der Waals surface area contributed by atoms with E-state index in [9.17, 15) is 9.59 Å². The van der Waals surface area contributed by atoms with Crippen LogP contribution < -0.4 is 5.32 Å². The van der Waals surface area contributed by atoms with Gasteiger partial charge in [-0.15, -0.1) is 0 Å². The normalized spacial score (nSPS) is 14.0. The first-order valence-electron chi connectivity index (χ1n) is 9.24. The molecule has 29 heavy (non-hydrogen) atoms. The van der Waals surface area contributed by atoms with Gasteiger partial charge in [-0.3, -0.25) is 10.1 Å². The van der Waals surface area contributed by atoms with Crippen LogP contribution in [0.3, 0.4) is 0 Å². The van der Waals surface area contributed by atoms with Gasteiger partial charge in [-0.1, -0.05) is 29.0 Å². The minimum Gasteiger partial charge on any atom is -0.444 e. The largest absolute Gasteiger partial charge is 0.444 e. The Kier molecular flexibility index (Phi) is 5.00. The summed E-state index contributed by atoms with van der Waals surface area (Å²) in [6.45, 7) is 6.51. The average Bonchev–Trinajstić information content (AvgIpc) is 3.22. The number of nitrogens with one attached hydrogen (secondary N) is 2. The van der Waals surface area contributed by atoms with Gasteiger partial charge in [-0.25, -0.2) is 9.78 Å². The molecule has 7 nitrogen and oxygen atoms in total. The first-order chi connectivity index (χ1) is 13.7. The summed E-state index contributed by atoms with van der Waals surface area (Å²) in [6, 6.07) is 7.20. The predicted molar refractivity (Wildman–Crippen MR) is 114 cm³/mol. The van der Waals surface area contributed by atoms with E-state index in [1.807, 2.05) is 26.8 Å². The van der Waals surface area contributed by atoms with E-state index in [1.54, 1.807) is 23.1 Å². The van der Waals surface area contributed by atoms with Crippen LogP contribution in [0.2, 0.25) is 5.02 Å². The monoisotopic (exact) mass is 432 g/mol. The van der Waals surface area contributed by atoms with Crippen molar-refractivity contribution in [1.29, 1.82) is 0 Å². The molecule has 0 unspecified atom stereocenters. The van der Waals surface area contributed by atoms with Gasteiger partial charge in [0.2, 0.25) is 0 Å². The van der Waals surface area contributed by atoms with Crippen LogP contribution in [0.15, 0.2) is 24.3 Å². The van der Waals surface area contributed by atoms with Gasteiger partial charge in [0.15, 0.2) is 5.13 Å². The maximum atomic E-state index is 12.6. The van der Waals surface area contributed by atoms with E-state index in [0.717, 1.165) is 21.5 Å². The summed E-state index contributed by atoms with van der Waals surface area (Å²) in [5.74, 6) is -0.271. The van der Waals surface area contributed by atoms with Crippen molar-refractivity contribution in [3.63, 3.8) is 0 Å². The zero-order valence-electron chi connectivity index (χ0n) is 16.3. The van der Waals surface area contributed by atoms with E-state index in [1.165, 1.54) is 11.3 Å². The smallest absolute Gasteiger partial charge is 0.410 e. The first kappa shape index (κ1) is 19.7. The molecule has 0 fully saturated rings. The number of ether oxygens (including phenoxy) is 1. The standard InChI is InChI=1S/C20H21ClN4O3S/c1-20(2,3)28-19(27)25-7-6-13-16(10-25)29-18(23-13)24-17(26)15-8-11-4-5-12(21)9-14(11)22-15/h4-5,8-9,22H,6-7,10H2,1-3H3,(H,23,24,26). The van der Waals surface area contributed by atoms with Crippen LogP contribution >= 0.6 is 22.9 Å². The van der Waals surface area contributed by atoms with Gasteiger partial charge in [-0.05, 0) is 39.0 Å². The van der Waals surface area contributed by atoms with E-state index < -0.39 is 5.60 Å². The minimum atomic E-state index is -0.534. The highest BCUT2D eigenvalue weighted by atomic mass is 35.5. The van der Waals surface area contributed by atoms with Crippen molar-refractivity contribution in [3.8, 4) is 0 Å². The molecule has 1 aliphatic rings. The van der Waals surface area contributed by atoms with E-state index in [4.69, 9.17) is 16.3 Å². The number of nitrogens with zero attached hydrogens (tertiary/aromatic N) is 2. The van der Waals surface area contributed by atoms with Crippen LogP contribution in [-0.2, 0) is 17.7 Å². The molecule has 0 atom stereocenters. The van der Waals surface area contributed by atoms with Gasteiger partial charge in [0.1, 0.15) is 11.3 Å². The zero-order chi connectivity index (χ0) is 20.8. The van der Waals surface area contributed by atoms with Crippen molar-refractivity contribution in [2.45, 2.75) is 39.3 Å². The second kappa shape index (κ2) is 7.35. The molecule has 1 aromatic carbocycles. The van der Waals surface area contributed by atoms with Gasteiger partial charge in [0, 0.05) is 33.8 Å². The second-order valence-electron chi connectivity index (χ2n) is 7.91. The van der Waals surface area contributed by atoms with E-state index in [0.29, 0.717) is 35.4 Å². The number of hydrogen-bond donors (Lipinski definition) is 2. The second-order valence-corrected chi connectivity index (χ2v) is 9.43. The number of aromatic nitrogens is 2. The lowest BCUT2D eigenvalue weighted by Crippen LogP contribution is -2.39. The highest BCUT2D eigenvalue weighted by Crippen LogP contribution is 2.29. The van der Waals surface area contributed by atoms with E-state index in [2.05, 4.69) is 15.3 Å². The third kappa shape index (κ3) is 4.38. The lowest BCUT2D eigenvalue weighted by Gasteiger charge is -2.29. The highest BCUT2D eigenvalue weighted by Gasteiger charge is 2.28. The number of carbonyl (C=O) groups is 2. The Hall–Kier alpha value is -2.58. The molecule has 0 aliphatic carbocycles. The van der Waals surface area contributed by atoms with E-state index >= 15 is 0 Å². The summed E-state index contributed by atoms with van der Waals surface area (Å²) < 4.78 is 5.45. The molecule has 3 aromatic rings. The fourth-order valence-corrected chi connectivity index (χ4v) is 4.31. The Bertz CT molecular complexity index is 1100. The fourth-order valence-electron chi connectivity index (χ4n) is 3.12. The maximum absolute atomic E-state index is 12.6. The molecule has 1 aliphatic heterocycles. The Labute approximate surface area is 177 Å². The Morgan fingerprint density at radius 2 is 2.10 bits per heavy atom. The number of amides is 2. The lowest BCUT2D eigenvalue weighted by molar-refractivity contribution is 0.0225. The molecule has 0 radical (unpaired) electrons.